The number of hydrogen-bond acceptors (Lipinski definition) is 4. The number of carbonyl (C=O) groups is 1. The fraction of sp³-hybridized carbons (Fsp3) is 0.273. The predicted octanol–water partition coefficient (Wildman–Crippen LogP) is 0.922. The molecule has 0 saturated heterocycles. The molecule has 0 aliphatic carbocycles. The van der Waals surface area contributed by atoms with Gasteiger partial charge in [-0.2, -0.15) is 0 Å². The van der Waals surface area contributed by atoms with Gasteiger partial charge in [0.1, 0.15) is 5.70 Å². The average Bonchev–Trinajstić information content (AvgIpc) is 2.83. The van der Waals surface area contributed by atoms with Crippen LogP contribution in [-0.4, -0.2) is 25.3 Å². The first-order chi connectivity index (χ1) is 7.86. The number of amides is 1. The second kappa shape index (κ2) is 5.46. The molecule has 5 heteroatoms. The summed E-state index contributed by atoms with van der Waals surface area (Å²) in [6.45, 7) is 1.32. The minimum Gasteiger partial charge on any atom is -0.373 e. The zero-order valence-electron chi connectivity index (χ0n) is 8.77. The molecule has 0 bridgehead atoms. The van der Waals surface area contributed by atoms with Crippen LogP contribution in [-0.2, 0) is 11.2 Å². The SMILES string of the molecule is O=C(NCCc1cccs1)C1=CCNC=N1. The van der Waals surface area contributed by atoms with Crippen molar-refractivity contribution < 1.29 is 4.79 Å². The second-order valence-corrected chi connectivity index (χ2v) is 4.37. The van der Waals surface area contributed by atoms with Gasteiger partial charge in [-0.05, 0) is 23.9 Å². The van der Waals surface area contributed by atoms with Gasteiger partial charge in [-0.1, -0.05) is 6.07 Å². The number of hydrogen-bond donors (Lipinski definition) is 2. The van der Waals surface area contributed by atoms with Crippen LogP contribution in [0.4, 0.5) is 0 Å². The van der Waals surface area contributed by atoms with Gasteiger partial charge in [0.05, 0.1) is 6.34 Å². The Morgan fingerprint density at radius 3 is 3.25 bits per heavy atom. The van der Waals surface area contributed by atoms with E-state index in [0.29, 0.717) is 18.8 Å². The lowest BCUT2D eigenvalue weighted by Crippen LogP contribution is -2.29. The Bertz CT molecular complexity index is 409. The first-order valence-corrected chi connectivity index (χ1v) is 6.01. The van der Waals surface area contributed by atoms with Gasteiger partial charge in [0.25, 0.3) is 5.91 Å². The van der Waals surface area contributed by atoms with Gasteiger partial charge in [-0.15, -0.1) is 11.3 Å². The van der Waals surface area contributed by atoms with Crippen LogP contribution < -0.4 is 10.6 Å². The highest BCUT2D eigenvalue weighted by atomic mass is 32.1. The van der Waals surface area contributed by atoms with Gasteiger partial charge in [0.2, 0.25) is 0 Å². The Morgan fingerprint density at radius 2 is 2.56 bits per heavy atom. The summed E-state index contributed by atoms with van der Waals surface area (Å²) in [7, 11) is 0. The molecule has 84 valence electrons. The lowest BCUT2D eigenvalue weighted by Gasteiger charge is -2.07. The quantitative estimate of drug-likeness (QED) is 0.815. The highest BCUT2D eigenvalue weighted by molar-refractivity contribution is 7.09. The zero-order chi connectivity index (χ0) is 11.2. The normalized spacial score (nSPS) is 14.1. The summed E-state index contributed by atoms with van der Waals surface area (Å²) >= 11 is 1.70. The molecule has 1 aliphatic rings. The van der Waals surface area contributed by atoms with Crippen LogP contribution in [0.5, 0.6) is 0 Å². The van der Waals surface area contributed by atoms with Crippen molar-refractivity contribution in [1.82, 2.24) is 10.6 Å². The zero-order valence-corrected chi connectivity index (χ0v) is 9.59. The maximum Gasteiger partial charge on any atom is 0.269 e. The molecule has 2 rings (SSSR count). The fourth-order valence-corrected chi connectivity index (χ4v) is 2.08. The lowest BCUT2D eigenvalue weighted by molar-refractivity contribution is -0.117. The molecule has 0 spiro atoms. The van der Waals surface area contributed by atoms with E-state index < -0.39 is 0 Å². The summed E-state index contributed by atoms with van der Waals surface area (Å²) in [6.07, 6.45) is 4.20. The van der Waals surface area contributed by atoms with Crippen molar-refractivity contribution in [3.05, 3.63) is 34.2 Å². The molecular formula is C11H13N3OS. The third-order valence-electron chi connectivity index (χ3n) is 2.18. The molecule has 16 heavy (non-hydrogen) atoms. The summed E-state index contributed by atoms with van der Waals surface area (Å²) in [6, 6.07) is 4.08. The Morgan fingerprint density at radius 1 is 1.62 bits per heavy atom. The maximum atomic E-state index is 11.6. The number of aliphatic imine (C=N–C) groups is 1. The summed E-state index contributed by atoms with van der Waals surface area (Å²) < 4.78 is 0. The third-order valence-corrected chi connectivity index (χ3v) is 3.11. The van der Waals surface area contributed by atoms with Gasteiger partial charge in [0, 0.05) is 18.0 Å². The molecule has 0 atom stereocenters. The molecule has 4 nitrogen and oxygen atoms in total. The van der Waals surface area contributed by atoms with Gasteiger partial charge in [0.15, 0.2) is 0 Å². The standard InChI is InChI=1S/C11H13N3OS/c15-11(10-4-5-12-8-14-10)13-6-3-9-2-1-7-16-9/h1-2,4,7-8H,3,5-6H2,(H,12,14)(H,13,15). The second-order valence-electron chi connectivity index (χ2n) is 3.34. The van der Waals surface area contributed by atoms with Crippen molar-refractivity contribution in [3.8, 4) is 0 Å². The fourth-order valence-electron chi connectivity index (χ4n) is 1.37. The van der Waals surface area contributed by atoms with Crippen LogP contribution in [0.15, 0.2) is 34.3 Å². The molecule has 2 N–H and O–H groups in total. The molecule has 1 aliphatic heterocycles. The first kappa shape index (κ1) is 10.9. The monoisotopic (exact) mass is 235 g/mol. The molecule has 0 radical (unpaired) electrons. The Balaban J connectivity index is 1.76. The van der Waals surface area contributed by atoms with Gasteiger partial charge in [-0.25, -0.2) is 4.99 Å². The van der Waals surface area contributed by atoms with Crippen molar-refractivity contribution in [1.29, 1.82) is 0 Å². The molecule has 0 fully saturated rings. The van der Waals surface area contributed by atoms with E-state index in [-0.39, 0.29) is 5.91 Å². The molecule has 1 amide bonds. The van der Waals surface area contributed by atoms with E-state index in [9.17, 15) is 4.79 Å². The topological polar surface area (TPSA) is 53.5 Å². The number of carbonyl (C=O) groups excluding carboxylic acids is 1. The third kappa shape index (κ3) is 2.93. The van der Waals surface area contributed by atoms with E-state index >= 15 is 0 Å². The largest absolute Gasteiger partial charge is 0.373 e. The van der Waals surface area contributed by atoms with Crippen molar-refractivity contribution in [2.75, 3.05) is 13.1 Å². The number of nitrogens with zero attached hydrogens (tertiary/aromatic N) is 1. The van der Waals surface area contributed by atoms with Crippen LogP contribution in [0, 0.1) is 0 Å². The summed E-state index contributed by atoms with van der Waals surface area (Å²) in [5.41, 5.74) is 0.491. The van der Waals surface area contributed by atoms with Crippen molar-refractivity contribution in [2.45, 2.75) is 6.42 Å². The van der Waals surface area contributed by atoms with Crippen LogP contribution in [0.3, 0.4) is 0 Å². The molecule has 0 saturated carbocycles. The Hall–Kier alpha value is -1.62. The van der Waals surface area contributed by atoms with Crippen LogP contribution in [0.2, 0.25) is 0 Å². The predicted molar refractivity (Wildman–Crippen MR) is 65.6 cm³/mol. The number of rotatable bonds is 4. The Kier molecular flexibility index (Phi) is 3.71. The van der Waals surface area contributed by atoms with Crippen LogP contribution in [0.25, 0.3) is 0 Å². The van der Waals surface area contributed by atoms with Crippen LogP contribution >= 0.6 is 11.3 Å². The minimum atomic E-state index is -0.102. The highest BCUT2D eigenvalue weighted by Crippen LogP contribution is 2.08. The summed E-state index contributed by atoms with van der Waals surface area (Å²) in [5.74, 6) is -0.102. The highest BCUT2D eigenvalue weighted by Gasteiger charge is 2.08. The first-order valence-electron chi connectivity index (χ1n) is 5.13. The van der Waals surface area contributed by atoms with Gasteiger partial charge >= 0.3 is 0 Å². The molecule has 2 heterocycles. The van der Waals surface area contributed by atoms with E-state index in [0.717, 1.165) is 6.42 Å². The minimum absolute atomic E-state index is 0.102. The van der Waals surface area contributed by atoms with E-state index in [2.05, 4.69) is 21.7 Å². The molecular weight excluding hydrogens is 222 g/mol. The van der Waals surface area contributed by atoms with Gasteiger partial charge < -0.3 is 10.6 Å². The lowest BCUT2D eigenvalue weighted by atomic mass is 10.3. The van der Waals surface area contributed by atoms with Crippen LogP contribution in [0.1, 0.15) is 4.88 Å². The number of thiophene rings is 1. The average molecular weight is 235 g/mol. The smallest absolute Gasteiger partial charge is 0.269 e. The van der Waals surface area contributed by atoms with Crippen molar-refractivity contribution in [2.24, 2.45) is 4.99 Å². The maximum absolute atomic E-state index is 11.6. The van der Waals surface area contributed by atoms with Crippen molar-refractivity contribution >= 4 is 23.6 Å². The van der Waals surface area contributed by atoms with E-state index in [1.54, 1.807) is 23.8 Å². The van der Waals surface area contributed by atoms with E-state index in [1.807, 2.05) is 11.4 Å². The molecule has 1 aromatic heterocycles. The summed E-state index contributed by atoms with van der Waals surface area (Å²) in [4.78, 5) is 16.9. The van der Waals surface area contributed by atoms with Gasteiger partial charge in [-0.3, -0.25) is 4.79 Å². The number of nitrogens with one attached hydrogen (secondary N) is 2. The summed E-state index contributed by atoms with van der Waals surface area (Å²) in [5, 5.41) is 7.79. The van der Waals surface area contributed by atoms with E-state index in [4.69, 9.17) is 0 Å². The van der Waals surface area contributed by atoms with E-state index in [1.165, 1.54) is 4.88 Å². The Labute approximate surface area is 98.1 Å². The molecule has 0 unspecified atom stereocenters. The molecule has 0 aromatic carbocycles. The van der Waals surface area contributed by atoms with Crippen molar-refractivity contribution in [3.63, 3.8) is 0 Å². The molecule has 1 aromatic rings.